The van der Waals surface area contributed by atoms with Gasteiger partial charge >= 0.3 is 0 Å². The molecular formula is C10H13Cl2N. The topological polar surface area (TPSA) is 26.0 Å². The maximum Gasteiger partial charge on any atom is 0.0455 e. The molecule has 1 rings (SSSR count). The van der Waals surface area contributed by atoms with Crippen molar-refractivity contribution in [3.63, 3.8) is 0 Å². The van der Waals surface area contributed by atoms with E-state index in [0.29, 0.717) is 17.5 Å². The molecule has 1 atom stereocenters. The minimum Gasteiger partial charge on any atom is -0.330 e. The second-order valence-electron chi connectivity index (χ2n) is 3.14. The minimum atomic E-state index is 0.398. The fraction of sp³-hybridized carbons (Fsp3) is 0.400. The van der Waals surface area contributed by atoms with Crippen LogP contribution in [0.25, 0.3) is 0 Å². The Morgan fingerprint density at radius 2 is 2.08 bits per heavy atom. The van der Waals surface area contributed by atoms with E-state index >= 15 is 0 Å². The molecule has 0 heterocycles. The average molecular weight is 218 g/mol. The first kappa shape index (κ1) is 10.8. The van der Waals surface area contributed by atoms with Crippen LogP contribution in [0.3, 0.4) is 0 Å². The smallest absolute Gasteiger partial charge is 0.0455 e. The van der Waals surface area contributed by atoms with E-state index in [4.69, 9.17) is 28.9 Å². The molecule has 1 nitrogen and oxygen atoms in total. The van der Waals surface area contributed by atoms with Crippen LogP contribution >= 0.6 is 23.2 Å². The highest BCUT2D eigenvalue weighted by Gasteiger charge is 2.08. The van der Waals surface area contributed by atoms with Crippen LogP contribution in [-0.4, -0.2) is 6.54 Å². The van der Waals surface area contributed by atoms with Gasteiger partial charge in [0.1, 0.15) is 0 Å². The van der Waals surface area contributed by atoms with Gasteiger partial charge in [0.05, 0.1) is 0 Å². The van der Waals surface area contributed by atoms with Crippen molar-refractivity contribution in [2.75, 3.05) is 6.54 Å². The normalized spacial score (nSPS) is 12.9. The van der Waals surface area contributed by atoms with E-state index in [1.54, 1.807) is 6.07 Å². The summed E-state index contributed by atoms with van der Waals surface area (Å²) in [6.07, 6.45) is 0.946. The number of rotatable bonds is 3. The van der Waals surface area contributed by atoms with Crippen molar-refractivity contribution in [3.05, 3.63) is 33.8 Å². The summed E-state index contributed by atoms with van der Waals surface area (Å²) in [5.74, 6) is 0.398. The van der Waals surface area contributed by atoms with E-state index in [-0.39, 0.29) is 0 Å². The zero-order valence-corrected chi connectivity index (χ0v) is 9.07. The molecule has 1 aromatic carbocycles. The van der Waals surface area contributed by atoms with Gasteiger partial charge in [0.15, 0.2) is 0 Å². The highest BCUT2D eigenvalue weighted by Crippen LogP contribution is 2.28. The highest BCUT2D eigenvalue weighted by atomic mass is 35.5. The van der Waals surface area contributed by atoms with Gasteiger partial charge in [0.25, 0.3) is 0 Å². The Morgan fingerprint density at radius 3 is 2.62 bits per heavy atom. The molecule has 1 aromatic rings. The first-order chi connectivity index (χ1) is 6.15. The van der Waals surface area contributed by atoms with Crippen LogP contribution in [0.2, 0.25) is 10.0 Å². The second-order valence-corrected chi connectivity index (χ2v) is 3.99. The van der Waals surface area contributed by atoms with Crippen LogP contribution in [0.5, 0.6) is 0 Å². The van der Waals surface area contributed by atoms with Crippen LogP contribution in [0, 0.1) is 0 Å². The standard InChI is InChI=1S/C10H13Cl2N/c1-7(4-5-13)9-3-2-8(11)6-10(9)12/h2-3,6-7H,4-5,13H2,1H3/t7-/m0/s1. The maximum absolute atomic E-state index is 6.03. The van der Waals surface area contributed by atoms with Crippen LogP contribution in [0.4, 0.5) is 0 Å². The Morgan fingerprint density at radius 1 is 1.38 bits per heavy atom. The van der Waals surface area contributed by atoms with Gasteiger partial charge in [-0.3, -0.25) is 0 Å². The lowest BCUT2D eigenvalue weighted by atomic mass is 9.98. The summed E-state index contributed by atoms with van der Waals surface area (Å²) in [5.41, 5.74) is 6.60. The van der Waals surface area contributed by atoms with Crippen molar-refractivity contribution in [2.24, 2.45) is 5.73 Å². The number of nitrogens with two attached hydrogens (primary N) is 1. The summed E-state index contributed by atoms with van der Waals surface area (Å²) in [5, 5.41) is 1.40. The summed E-state index contributed by atoms with van der Waals surface area (Å²) in [6.45, 7) is 2.79. The third kappa shape index (κ3) is 2.87. The summed E-state index contributed by atoms with van der Waals surface area (Å²) in [4.78, 5) is 0. The van der Waals surface area contributed by atoms with Crippen molar-refractivity contribution in [1.82, 2.24) is 0 Å². The van der Waals surface area contributed by atoms with Crippen LogP contribution in [-0.2, 0) is 0 Å². The van der Waals surface area contributed by atoms with E-state index in [1.807, 2.05) is 12.1 Å². The van der Waals surface area contributed by atoms with Crippen LogP contribution in [0.1, 0.15) is 24.8 Å². The lowest BCUT2D eigenvalue weighted by molar-refractivity contribution is 0.690. The van der Waals surface area contributed by atoms with Gasteiger partial charge in [-0.05, 0) is 36.6 Å². The molecule has 0 amide bonds. The molecule has 0 aromatic heterocycles. The molecule has 0 spiro atoms. The van der Waals surface area contributed by atoms with E-state index in [1.165, 1.54) is 0 Å². The lowest BCUT2D eigenvalue weighted by Gasteiger charge is -2.12. The van der Waals surface area contributed by atoms with Gasteiger partial charge < -0.3 is 5.73 Å². The fourth-order valence-corrected chi connectivity index (χ4v) is 1.90. The Kier molecular flexibility index (Phi) is 4.04. The number of halogens is 2. The second kappa shape index (κ2) is 4.85. The van der Waals surface area contributed by atoms with Gasteiger partial charge in [-0.2, -0.15) is 0 Å². The van der Waals surface area contributed by atoms with E-state index < -0.39 is 0 Å². The third-order valence-electron chi connectivity index (χ3n) is 2.09. The predicted molar refractivity (Wildman–Crippen MR) is 58.5 cm³/mol. The molecular weight excluding hydrogens is 205 g/mol. The zero-order valence-electron chi connectivity index (χ0n) is 7.56. The Balaban J connectivity index is 2.88. The number of hydrogen-bond acceptors (Lipinski definition) is 1. The maximum atomic E-state index is 6.03. The quantitative estimate of drug-likeness (QED) is 0.826. The highest BCUT2D eigenvalue weighted by molar-refractivity contribution is 6.35. The van der Waals surface area contributed by atoms with E-state index in [0.717, 1.165) is 17.0 Å². The van der Waals surface area contributed by atoms with Gasteiger partial charge in [-0.15, -0.1) is 0 Å². The Bertz CT molecular complexity index is 286. The Hall–Kier alpha value is -0.240. The minimum absolute atomic E-state index is 0.398. The summed E-state index contributed by atoms with van der Waals surface area (Å²) in [7, 11) is 0. The van der Waals surface area contributed by atoms with E-state index in [2.05, 4.69) is 6.92 Å². The molecule has 3 heteroatoms. The van der Waals surface area contributed by atoms with Gasteiger partial charge in [0.2, 0.25) is 0 Å². The first-order valence-electron chi connectivity index (χ1n) is 4.30. The number of hydrogen-bond donors (Lipinski definition) is 1. The first-order valence-corrected chi connectivity index (χ1v) is 5.05. The largest absolute Gasteiger partial charge is 0.330 e. The third-order valence-corrected chi connectivity index (χ3v) is 2.66. The summed E-state index contributed by atoms with van der Waals surface area (Å²) in [6, 6.07) is 5.59. The molecule has 0 bridgehead atoms. The summed E-state index contributed by atoms with van der Waals surface area (Å²) < 4.78 is 0. The van der Waals surface area contributed by atoms with Gasteiger partial charge in [-0.25, -0.2) is 0 Å². The molecule has 72 valence electrons. The zero-order chi connectivity index (χ0) is 9.84. The molecule has 0 unspecified atom stereocenters. The molecule has 0 saturated heterocycles. The van der Waals surface area contributed by atoms with E-state index in [9.17, 15) is 0 Å². The lowest BCUT2D eigenvalue weighted by Crippen LogP contribution is -2.04. The molecule has 0 aliphatic carbocycles. The van der Waals surface area contributed by atoms with Crippen LogP contribution < -0.4 is 5.73 Å². The molecule has 0 radical (unpaired) electrons. The summed E-state index contributed by atoms with van der Waals surface area (Å²) >= 11 is 11.8. The molecule has 13 heavy (non-hydrogen) atoms. The van der Waals surface area contributed by atoms with Crippen molar-refractivity contribution >= 4 is 23.2 Å². The molecule has 0 fully saturated rings. The monoisotopic (exact) mass is 217 g/mol. The van der Waals surface area contributed by atoms with Gasteiger partial charge in [0, 0.05) is 10.0 Å². The SMILES string of the molecule is C[C@@H](CCN)c1ccc(Cl)cc1Cl. The predicted octanol–water partition coefficient (Wildman–Crippen LogP) is 3.45. The Labute approximate surface area is 88.8 Å². The van der Waals surface area contributed by atoms with Crippen LogP contribution in [0.15, 0.2) is 18.2 Å². The molecule has 0 saturated carbocycles. The van der Waals surface area contributed by atoms with Crippen molar-refractivity contribution in [3.8, 4) is 0 Å². The van der Waals surface area contributed by atoms with Crippen molar-refractivity contribution in [2.45, 2.75) is 19.3 Å². The number of benzene rings is 1. The van der Waals surface area contributed by atoms with Crippen molar-refractivity contribution < 1.29 is 0 Å². The van der Waals surface area contributed by atoms with Gasteiger partial charge in [-0.1, -0.05) is 36.2 Å². The van der Waals surface area contributed by atoms with Crippen molar-refractivity contribution in [1.29, 1.82) is 0 Å². The molecule has 0 aliphatic rings. The molecule has 2 N–H and O–H groups in total. The fourth-order valence-electron chi connectivity index (χ4n) is 1.31. The molecule has 0 aliphatic heterocycles. The average Bonchev–Trinajstić information content (AvgIpc) is 2.04.